The van der Waals surface area contributed by atoms with E-state index in [0.29, 0.717) is 82.5 Å². The number of esters is 1. The van der Waals surface area contributed by atoms with Gasteiger partial charge in [0, 0.05) is 36.2 Å². The van der Waals surface area contributed by atoms with Crippen LogP contribution < -0.4 is 10.6 Å². The molecule has 0 atom stereocenters. The van der Waals surface area contributed by atoms with Crippen molar-refractivity contribution in [2.24, 2.45) is 0 Å². The van der Waals surface area contributed by atoms with E-state index >= 15 is 0 Å². The molecule has 0 unspecified atom stereocenters. The Balaban J connectivity index is 1.50. The van der Waals surface area contributed by atoms with Crippen LogP contribution in [0.15, 0.2) is 22.7 Å². The van der Waals surface area contributed by atoms with Crippen LogP contribution in [0.1, 0.15) is 64.2 Å². The quantitative estimate of drug-likeness (QED) is 0.359. The molecule has 39 heavy (non-hydrogen) atoms. The Kier molecular flexibility index (Phi) is 8.98. The molecule has 1 fully saturated rings. The van der Waals surface area contributed by atoms with Crippen LogP contribution in [0.3, 0.4) is 0 Å². The first-order chi connectivity index (χ1) is 18.6. The van der Waals surface area contributed by atoms with Gasteiger partial charge >= 0.3 is 5.97 Å². The summed E-state index contributed by atoms with van der Waals surface area (Å²) in [4.78, 5) is 49.9. The number of nitrogens with zero attached hydrogens (tertiary/aromatic N) is 4. The first-order valence-corrected chi connectivity index (χ1v) is 13.8. The highest BCUT2D eigenvalue weighted by molar-refractivity contribution is 7.17. The summed E-state index contributed by atoms with van der Waals surface area (Å²) < 4.78 is 10.3. The molecule has 1 aliphatic heterocycles. The number of thiazole rings is 1. The van der Waals surface area contributed by atoms with Gasteiger partial charge in [-0.2, -0.15) is 4.98 Å². The van der Waals surface area contributed by atoms with E-state index in [-0.39, 0.29) is 18.2 Å². The lowest BCUT2D eigenvalue weighted by Crippen LogP contribution is -2.56. The first-order valence-electron chi connectivity index (χ1n) is 12.6. The van der Waals surface area contributed by atoms with E-state index in [1.165, 1.54) is 0 Å². The number of aromatic nitrogens is 3. The number of piperidine rings is 1. The van der Waals surface area contributed by atoms with E-state index in [4.69, 9.17) is 20.9 Å². The monoisotopic (exact) mass is 574 g/mol. The average Bonchev–Trinajstić information content (AvgIpc) is 3.49. The molecule has 208 valence electrons. The molecule has 11 nitrogen and oxygen atoms in total. The summed E-state index contributed by atoms with van der Waals surface area (Å²) in [5.74, 6) is -0.399. The number of nitrogens with one attached hydrogen (secondary N) is 2. The van der Waals surface area contributed by atoms with Crippen molar-refractivity contribution in [1.29, 1.82) is 0 Å². The van der Waals surface area contributed by atoms with Crippen LogP contribution in [0.5, 0.6) is 0 Å². The number of rotatable bonds is 9. The molecule has 4 rings (SSSR count). The third-order valence-electron chi connectivity index (χ3n) is 6.43. The largest absolute Gasteiger partial charge is 0.461 e. The predicted octanol–water partition coefficient (Wildman–Crippen LogP) is 4.25. The first kappa shape index (κ1) is 28.7. The van der Waals surface area contributed by atoms with E-state index < -0.39 is 11.5 Å². The summed E-state index contributed by atoms with van der Waals surface area (Å²) in [6.45, 7) is 7.02. The number of amides is 2. The Hall–Kier alpha value is -3.35. The lowest BCUT2D eigenvalue weighted by atomic mass is 9.83. The van der Waals surface area contributed by atoms with Crippen LogP contribution in [-0.2, 0) is 9.53 Å². The maximum absolute atomic E-state index is 13.4. The number of halogens is 1. The van der Waals surface area contributed by atoms with Gasteiger partial charge in [-0.15, -0.1) is 0 Å². The van der Waals surface area contributed by atoms with Crippen molar-refractivity contribution >= 4 is 45.9 Å². The molecular weight excluding hydrogens is 544 g/mol. The molecule has 2 amide bonds. The van der Waals surface area contributed by atoms with Crippen molar-refractivity contribution in [2.45, 2.75) is 52.0 Å². The standard InChI is InChI=1S/C26H31ClN6O5S/c1-5-10-37-24(36)21-15(2)28-25(39-21)30-20(34)14-26(6-8-33(4)9-7-26)31-23(35)18-11-17(12-19(27)13-18)22-29-16(3)38-32-22/h11-13H,5-10,14H2,1-4H3,(H,31,35)(H,28,30,34). The second kappa shape index (κ2) is 12.2. The Morgan fingerprint density at radius 1 is 1.18 bits per heavy atom. The fourth-order valence-electron chi connectivity index (χ4n) is 4.34. The van der Waals surface area contributed by atoms with E-state index in [1.54, 1.807) is 32.0 Å². The van der Waals surface area contributed by atoms with Gasteiger partial charge in [0.25, 0.3) is 5.91 Å². The zero-order valence-electron chi connectivity index (χ0n) is 22.3. The highest BCUT2D eigenvalue weighted by Crippen LogP contribution is 2.29. The molecule has 13 heteroatoms. The minimum atomic E-state index is -0.784. The highest BCUT2D eigenvalue weighted by Gasteiger charge is 2.38. The summed E-state index contributed by atoms with van der Waals surface area (Å²) >= 11 is 7.39. The Bertz CT molecular complexity index is 1360. The number of carbonyl (C=O) groups excluding carboxylic acids is 3. The van der Waals surface area contributed by atoms with Gasteiger partial charge in [-0.3, -0.25) is 9.59 Å². The smallest absolute Gasteiger partial charge is 0.350 e. The molecule has 0 saturated carbocycles. The van der Waals surface area contributed by atoms with Gasteiger partial charge < -0.3 is 24.8 Å². The number of likely N-dealkylation sites (tertiary alicyclic amines) is 1. The van der Waals surface area contributed by atoms with Crippen molar-refractivity contribution < 1.29 is 23.6 Å². The summed E-state index contributed by atoms with van der Waals surface area (Å²) in [5, 5.41) is 10.5. The number of carbonyl (C=O) groups is 3. The maximum Gasteiger partial charge on any atom is 0.350 e. The highest BCUT2D eigenvalue weighted by atomic mass is 35.5. The van der Waals surface area contributed by atoms with Crippen molar-refractivity contribution in [3.8, 4) is 11.4 Å². The molecule has 3 heterocycles. The van der Waals surface area contributed by atoms with Crippen LogP contribution in [-0.4, -0.2) is 70.1 Å². The molecule has 3 aromatic rings. The number of anilines is 1. The fourth-order valence-corrected chi connectivity index (χ4v) is 5.45. The molecule has 1 aromatic carbocycles. The maximum atomic E-state index is 13.4. The van der Waals surface area contributed by atoms with Gasteiger partial charge in [0.05, 0.1) is 24.3 Å². The van der Waals surface area contributed by atoms with Crippen molar-refractivity contribution in [1.82, 2.24) is 25.3 Å². The molecular formula is C26H31ClN6O5S. The van der Waals surface area contributed by atoms with Gasteiger partial charge in [-0.25, -0.2) is 9.78 Å². The van der Waals surface area contributed by atoms with Crippen LogP contribution in [0.4, 0.5) is 5.13 Å². The third-order valence-corrected chi connectivity index (χ3v) is 7.70. The van der Waals surface area contributed by atoms with Crippen molar-refractivity contribution in [2.75, 3.05) is 32.1 Å². The molecule has 0 radical (unpaired) electrons. The zero-order valence-corrected chi connectivity index (χ0v) is 23.9. The molecule has 0 spiro atoms. The van der Waals surface area contributed by atoms with Gasteiger partial charge in [0.15, 0.2) is 5.13 Å². The van der Waals surface area contributed by atoms with E-state index in [2.05, 4.69) is 30.7 Å². The average molecular weight is 575 g/mol. The van der Waals surface area contributed by atoms with E-state index in [0.717, 1.165) is 11.3 Å². The number of hydrogen-bond donors (Lipinski definition) is 2. The molecule has 1 aliphatic rings. The molecule has 1 saturated heterocycles. The topological polar surface area (TPSA) is 140 Å². The van der Waals surface area contributed by atoms with Crippen LogP contribution in [0, 0.1) is 13.8 Å². The van der Waals surface area contributed by atoms with Crippen LogP contribution in [0.25, 0.3) is 11.4 Å². The number of ether oxygens (including phenoxy) is 1. The minimum Gasteiger partial charge on any atom is -0.461 e. The molecule has 2 aromatic heterocycles. The molecule has 2 N–H and O–H groups in total. The van der Waals surface area contributed by atoms with Crippen LogP contribution in [0.2, 0.25) is 5.02 Å². The third kappa shape index (κ3) is 7.20. The number of benzene rings is 1. The lowest BCUT2D eigenvalue weighted by Gasteiger charge is -2.41. The summed E-state index contributed by atoms with van der Waals surface area (Å²) in [6, 6.07) is 4.86. The van der Waals surface area contributed by atoms with Crippen LogP contribution >= 0.6 is 22.9 Å². The predicted molar refractivity (Wildman–Crippen MR) is 147 cm³/mol. The minimum absolute atomic E-state index is 0.0400. The number of aryl methyl sites for hydroxylation is 2. The van der Waals surface area contributed by atoms with Gasteiger partial charge in [0.2, 0.25) is 17.6 Å². The van der Waals surface area contributed by atoms with Gasteiger partial charge in [-0.05, 0) is 51.4 Å². The summed E-state index contributed by atoms with van der Waals surface area (Å²) in [5.41, 5.74) is 0.581. The molecule has 0 aliphatic carbocycles. The second-order valence-electron chi connectivity index (χ2n) is 9.70. The van der Waals surface area contributed by atoms with Crippen molar-refractivity contribution in [3.63, 3.8) is 0 Å². The van der Waals surface area contributed by atoms with Gasteiger partial charge in [0.1, 0.15) is 4.88 Å². The Labute approximate surface area is 235 Å². The Morgan fingerprint density at radius 3 is 2.59 bits per heavy atom. The van der Waals surface area contributed by atoms with E-state index in [9.17, 15) is 14.4 Å². The number of hydrogen-bond acceptors (Lipinski definition) is 10. The second-order valence-corrected chi connectivity index (χ2v) is 11.1. The fraction of sp³-hybridized carbons (Fsp3) is 0.462. The summed E-state index contributed by atoms with van der Waals surface area (Å²) in [6.07, 6.45) is 1.90. The van der Waals surface area contributed by atoms with Crippen molar-refractivity contribution in [3.05, 3.63) is 45.2 Å². The van der Waals surface area contributed by atoms with E-state index in [1.807, 2.05) is 14.0 Å². The summed E-state index contributed by atoms with van der Waals surface area (Å²) in [7, 11) is 2.00. The normalized spacial score (nSPS) is 15.1. The zero-order chi connectivity index (χ0) is 28.2. The Morgan fingerprint density at radius 2 is 1.92 bits per heavy atom. The van der Waals surface area contributed by atoms with Gasteiger partial charge in [-0.1, -0.05) is 35.0 Å². The lowest BCUT2D eigenvalue weighted by molar-refractivity contribution is -0.118. The molecule has 0 bridgehead atoms. The SMILES string of the molecule is CCCOC(=O)c1sc(NC(=O)CC2(NC(=O)c3cc(Cl)cc(-c4noc(C)n4)c3)CCN(C)CC2)nc1C.